The average molecular weight is 202 g/mol. The Morgan fingerprint density at radius 2 is 1.14 bits per heavy atom. The maximum absolute atomic E-state index is 11.1. The molecule has 0 amide bonds. The van der Waals surface area contributed by atoms with Gasteiger partial charge < -0.3 is 9.47 Å². The van der Waals surface area contributed by atoms with Gasteiger partial charge in [-0.2, -0.15) is 0 Å². The third kappa shape index (κ3) is 6.16. The summed E-state index contributed by atoms with van der Waals surface area (Å²) in [6.45, 7) is 0. The predicted octanol–water partition coefficient (Wildman–Crippen LogP) is 0.462. The van der Waals surface area contributed by atoms with Crippen molar-refractivity contribution < 1.29 is 23.9 Å². The van der Waals surface area contributed by atoms with E-state index in [-0.39, 0.29) is 31.5 Å². The van der Waals surface area contributed by atoms with Gasteiger partial charge in [0.25, 0.3) is 0 Å². The molecule has 80 valence electrons. The first-order valence-corrected chi connectivity index (χ1v) is 4.25. The van der Waals surface area contributed by atoms with Crippen LogP contribution in [0.4, 0.5) is 0 Å². The number of carbonyl (C=O) groups excluding carboxylic acids is 3. The van der Waals surface area contributed by atoms with Crippen molar-refractivity contribution in [3.8, 4) is 0 Å². The van der Waals surface area contributed by atoms with Crippen LogP contribution in [0, 0.1) is 0 Å². The molecule has 0 aliphatic rings. The molecule has 0 heterocycles. The highest BCUT2D eigenvalue weighted by molar-refractivity contribution is 5.85. The lowest BCUT2D eigenvalue weighted by Gasteiger charge is -1.99. The van der Waals surface area contributed by atoms with Gasteiger partial charge in [-0.1, -0.05) is 0 Å². The smallest absolute Gasteiger partial charge is 0.305 e. The van der Waals surface area contributed by atoms with Crippen LogP contribution < -0.4 is 0 Å². The molecule has 0 atom stereocenters. The molecule has 0 aromatic heterocycles. The van der Waals surface area contributed by atoms with Crippen molar-refractivity contribution in [1.29, 1.82) is 0 Å². The molecule has 0 bridgehead atoms. The van der Waals surface area contributed by atoms with Gasteiger partial charge in [0, 0.05) is 12.8 Å². The molecule has 0 aromatic carbocycles. The minimum Gasteiger partial charge on any atom is -0.469 e. The Labute approximate surface area is 82.4 Å². The minimum absolute atomic E-state index is 0.0660. The van der Waals surface area contributed by atoms with Crippen LogP contribution in [-0.2, 0) is 23.9 Å². The fourth-order valence-electron chi connectivity index (χ4n) is 0.812. The number of hydrogen-bond acceptors (Lipinski definition) is 5. The van der Waals surface area contributed by atoms with Crippen molar-refractivity contribution in [3.63, 3.8) is 0 Å². The highest BCUT2D eigenvalue weighted by atomic mass is 16.5. The first kappa shape index (κ1) is 12.6. The zero-order chi connectivity index (χ0) is 11.0. The van der Waals surface area contributed by atoms with E-state index in [0.717, 1.165) is 0 Å². The van der Waals surface area contributed by atoms with Gasteiger partial charge in [0.05, 0.1) is 27.1 Å². The lowest BCUT2D eigenvalue weighted by Crippen LogP contribution is -2.08. The van der Waals surface area contributed by atoms with E-state index in [9.17, 15) is 14.4 Å². The van der Waals surface area contributed by atoms with Crippen LogP contribution in [0.3, 0.4) is 0 Å². The molecule has 0 radical (unpaired) electrons. The summed E-state index contributed by atoms with van der Waals surface area (Å²) >= 11 is 0. The van der Waals surface area contributed by atoms with Crippen LogP contribution in [0.2, 0.25) is 0 Å². The maximum Gasteiger partial charge on any atom is 0.305 e. The molecule has 0 spiro atoms. The van der Waals surface area contributed by atoms with Gasteiger partial charge in [-0.15, -0.1) is 0 Å². The Morgan fingerprint density at radius 3 is 1.43 bits per heavy atom. The van der Waals surface area contributed by atoms with Gasteiger partial charge in [0.15, 0.2) is 0 Å². The first-order chi connectivity index (χ1) is 6.60. The van der Waals surface area contributed by atoms with Gasteiger partial charge in [-0.05, 0) is 0 Å². The number of carbonyl (C=O) groups is 3. The van der Waals surface area contributed by atoms with Crippen molar-refractivity contribution in [2.45, 2.75) is 25.7 Å². The Kier molecular flexibility index (Phi) is 6.36. The van der Waals surface area contributed by atoms with E-state index in [1.54, 1.807) is 0 Å². The molecule has 0 aliphatic heterocycles. The standard InChI is InChI=1S/C9H14O5/c1-13-8(11)5-3-7(10)4-6-9(12)14-2/h3-6H2,1-2H3. The highest BCUT2D eigenvalue weighted by Gasteiger charge is 2.09. The van der Waals surface area contributed by atoms with Crippen molar-refractivity contribution in [1.82, 2.24) is 0 Å². The van der Waals surface area contributed by atoms with E-state index >= 15 is 0 Å². The molecule has 0 fully saturated rings. The molecule has 5 heteroatoms. The SMILES string of the molecule is COC(=O)CCC(=O)CCC(=O)OC. The number of Topliss-reactive ketones (excluding diaryl/α,β-unsaturated/α-hetero) is 1. The molecular weight excluding hydrogens is 188 g/mol. The number of ketones is 1. The summed E-state index contributed by atoms with van der Waals surface area (Å²) in [6.07, 6.45) is 0.361. The minimum atomic E-state index is -0.420. The topological polar surface area (TPSA) is 69.7 Å². The Morgan fingerprint density at radius 1 is 0.786 bits per heavy atom. The summed E-state index contributed by atoms with van der Waals surface area (Å²) in [7, 11) is 2.53. The second-order valence-corrected chi connectivity index (χ2v) is 2.69. The number of esters is 2. The van der Waals surface area contributed by atoms with Crippen LogP contribution in [-0.4, -0.2) is 31.9 Å². The van der Waals surface area contributed by atoms with Gasteiger partial charge in [0.1, 0.15) is 5.78 Å². The summed E-state index contributed by atoms with van der Waals surface area (Å²) in [6, 6.07) is 0. The first-order valence-electron chi connectivity index (χ1n) is 4.25. The van der Waals surface area contributed by atoms with E-state index in [1.807, 2.05) is 0 Å². The second-order valence-electron chi connectivity index (χ2n) is 2.69. The van der Waals surface area contributed by atoms with E-state index in [4.69, 9.17) is 0 Å². The summed E-state index contributed by atoms with van der Waals surface area (Å²) in [5.74, 6) is -0.978. The number of ether oxygens (including phenoxy) is 2. The lowest BCUT2D eigenvalue weighted by atomic mass is 10.1. The van der Waals surface area contributed by atoms with Crippen molar-refractivity contribution in [3.05, 3.63) is 0 Å². The molecule has 0 saturated carbocycles. The van der Waals surface area contributed by atoms with E-state index in [1.165, 1.54) is 14.2 Å². The van der Waals surface area contributed by atoms with Crippen molar-refractivity contribution in [2.24, 2.45) is 0 Å². The second kappa shape index (κ2) is 7.06. The molecule has 0 unspecified atom stereocenters. The summed E-state index contributed by atoms with van der Waals surface area (Å²) in [5, 5.41) is 0. The summed E-state index contributed by atoms with van der Waals surface area (Å²) in [5.41, 5.74) is 0. The lowest BCUT2D eigenvalue weighted by molar-refractivity contribution is -0.142. The average Bonchev–Trinajstić information content (AvgIpc) is 2.22. The fraction of sp³-hybridized carbons (Fsp3) is 0.667. The van der Waals surface area contributed by atoms with E-state index in [2.05, 4.69) is 9.47 Å². The van der Waals surface area contributed by atoms with Crippen LogP contribution in [0.5, 0.6) is 0 Å². The monoisotopic (exact) mass is 202 g/mol. The number of methoxy groups -OCH3 is 2. The molecule has 5 nitrogen and oxygen atoms in total. The highest BCUT2D eigenvalue weighted by Crippen LogP contribution is 2.00. The number of rotatable bonds is 6. The number of hydrogen-bond donors (Lipinski definition) is 0. The Bertz CT molecular complexity index is 199. The normalized spacial score (nSPS) is 9.29. The molecular formula is C9H14O5. The Hall–Kier alpha value is -1.39. The molecule has 0 rings (SSSR count). The van der Waals surface area contributed by atoms with E-state index < -0.39 is 11.9 Å². The zero-order valence-electron chi connectivity index (χ0n) is 8.37. The molecule has 0 aliphatic carbocycles. The van der Waals surface area contributed by atoms with Crippen LogP contribution in [0.15, 0.2) is 0 Å². The van der Waals surface area contributed by atoms with Gasteiger partial charge in [-0.3, -0.25) is 14.4 Å². The largest absolute Gasteiger partial charge is 0.469 e. The van der Waals surface area contributed by atoms with Gasteiger partial charge >= 0.3 is 11.9 Å². The third-order valence-electron chi connectivity index (χ3n) is 1.67. The van der Waals surface area contributed by atoms with Crippen LogP contribution >= 0.6 is 0 Å². The molecule has 14 heavy (non-hydrogen) atoms. The molecule has 0 aromatic rings. The van der Waals surface area contributed by atoms with E-state index in [0.29, 0.717) is 0 Å². The van der Waals surface area contributed by atoms with Crippen molar-refractivity contribution >= 4 is 17.7 Å². The van der Waals surface area contributed by atoms with Crippen LogP contribution in [0.25, 0.3) is 0 Å². The fourth-order valence-corrected chi connectivity index (χ4v) is 0.812. The molecule has 0 N–H and O–H groups in total. The molecule has 0 saturated heterocycles. The summed E-state index contributed by atoms with van der Waals surface area (Å²) in [4.78, 5) is 32.4. The zero-order valence-corrected chi connectivity index (χ0v) is 8.37. The Balaban J connectivity index is 3.56. The summed E-state index contributed by atoms with van der Waals surface area (Å²) < 4.78 is 8.73. The third-order valence-corrected chi connectivity index (χ3v) is 1.67. The van der Waals surface area contributed by atoms with Crippen LogP contribution in [0.1, 0.15) is 25.7 Å². The maximum atomic E-state index is 11.1. The van der Waals surface area contributed by atoms with Gasteiger partial charge in [0.2, 0.25) is 0 Å². The quantitative estimate of drug-likeness (QED) is 0.585. The predicted molar refractivity (Wildman–Crippen MR) is 47.5 cm³/mol. The van der Waals surface area contributed by atoms with Gasteiger partial charge in [-0.25, -0.2) is 0 Å². The van der Waals surface area contributed by atoms with Crippen molar-refractivity contribution in [2.75, 3.05) is 14.2 Å².